The van der Waals surface area contributed by atoms with Gasteiger partial charge in [0, 0.05) is 36.1 Å². The second kappa shape index (κ2) is 7.77. The van der Waals surface area contributed by atoms with E-state index in [9.17, 15) is 14.7 Å². The van der Waals surface area contributed by atoms with Crippen LogP contribution in [0.2, 0.25) is 0 Å². The van der Waals surface area contributed by atoms with Crippen LogP contribution in [0.4, 0.5) is 0 Å². The van der Waals surface area contributed by atoms with Gasteiger partial charge in [0.1, 0.15) is 6.29 Å². The van der Waals surface area contributed by atoms with E-state index in [1.165, 1.54) is 0 Å². The molecule has 0 aliphatic rings. The molecule has 31 heavy (non-hydrogen) atoms. The average molecular weight is 418 g/mol. The van der Waals surface area contributed by atoms with Crippen LogP contribution in [0.3, 0.4) is 0 Å². The summed E-state index contributed by atoms with van der Waals surface area (Å²) >= 11 is 0. The van der Waals surface area contributed by atoms with Crippen molar-refractivity contribution in [2.45, 2.75) is 26.0 Å². The van der Waals surface area contributed by atoms with Crippen molar-refractivity contribution in [3.63, 3.8) is 0 Å². The summed E-state index contributed by atoms with van der Waals surface area (Å²) < 4.78 is 3.39. The molecule has 0 aliphatic heterocycles. The molecule has 1 amide bonds. The van der Waals surface area contributed by atoms with Gasteiger partial charge in [0.2, 0.25) is 5.62 Å². The van der Waals surface area contributed by atoms with Gasteiger partial charge in [-0.3, -0.25) is 19.3 Å². The molecule has 0 saturated carbocycles. The summed E-state index contributed by atoms with van der Waals surface area (Å²) in [6.07, 6.45) is 5.79. The molecule has 0 radical (unpaired) electrons. The maximum Gasteiger partial charge on any atom is 0.280 e. The number of H-pyrrole nitrogens is 1. The lowest BCUT2D eigenvalue weighted by Gasteiger charge is -2.18. The Kier molecular flexibility index (Phi) is 5.12. The van der Waals surface area contributed by atoms with E-state index < -0.39 is 11.5 Å². The Morgan fingerprint density at radius 1 is 1.29 bits per heavy atom. The average Bonchev–Trinajstić information content (AvgIpc) is 3.30. The summed E-state index contributed by atoms with van der Waals surface area (Å²) in [7, 11) is 1.81. The molecule has 4 aromatic rings. The molecule has 0 bridgehead atoms. The predicted octanol–water partition coefficient (Wildman–Crippen LogP) is 2.09. The van der Waals surface area contributed by atoms with Gasteiger partial charge in [-0.25, -0.2) is 0 Å². The van der Waals surface area contributed by atoms with Gasteiger partial charge in [-0.1, -0.05) is 0 Å². The Morgan fingerprint density at radius 2 is 2.10 bits per heavy atom. The first-order chi connectivity index (χ1) is 14.7. The van der Waals surface area contributed by atoms with Gasteiger partial charge in [0.05, 0.1) is 35.1 Å². The zero-order valence-corrected chi connectivity index (χ0v) is 17.4. The number of fused-ring (bicyclic) bond motifs is 1. The normalized spacial score (nSPS) is 12.5. The van der Waals surface area contributed by atoms with Crippen molar-refractivity contribution < 1.29 is 14.7 Å². The minimum Gasteiger partial charge on any atom is -0.389 e. The fourth-order valence-electron chi connectivity index (χ4n) is 3.34. The number of imidazole rings is 1. The minimum atomic E-state index is -1.04. The van der Waals surface area contributed by atoms with Crippen molar-refractivity contribution in [3.8, 4) is 11.3 Å². The number of aldehydes is 1. The third-order valence-corrected chi connectivity index (χ3v) is 4.71. The summed E-state index contributed by atoms with van der Waals surface area (Å²) in [5.74, 6) is -0.459. The quantitative estimate of drug-likeness (QED) is 0.481. The molecule has 2 N–H and O–H groups in total. The van der Waals surface area contributed by atoms with Crippen molar-refractivity contribution in [2.24, 2.45) is 12.0 Å². The number of amides is 1. The maximum absolute atomic E-state index is 13.0. The molecule has 1 aromatic carbocycles. The first-order valence-electron chi connectivity index (χ1n) is 9.68. The van der Waals surface area contributed by atoms with E-state index in [-0.39, 0.29) is 12.2 Å². The predicted molar refractivity (Wildman–Crippen MR) is 114 cm³/mol. The Bertz CT molecular complexity index is 1350. The zero-order chi connectivity index (χ0) is 22.2. The van der Waals surface area contributed by atoms with Crippen molar-refractivity contribution in [3.05, 3.63) is 65.7 Å². The highest BCUT2D eigenvalue weighted by atomic mass is 16.3. The molecular weight excluding hydrogens is 396 g/mol. The fourth-order valence-corrected chi connectivity index (χ4v) is 3.34. The molecule has 0 saturated heterocycles. The highest BCUT2D eigenvalue weighted by Gasteiger charge is 2.18. The Balaban J connectivity index is 1.80. The van der Waals surface area contributed by atoms with Crippen LogP contribution in [0.25, 0.3) is 22.3 Å². The van der Waals surface area contributed by atoms with Gasteiger partial charge >= 0.3 is 0 Å². The number of aryl methyl sites for hydroxylation is 1. The summed E-state index contributed by atoms with van der Waals surface area (Å²) in [5.41, 5.74) is 2.89. The largest absolute Gasteiger partial charge is 0.389 e. The Labute approximate surface area is 177 Å². The number of aromatic nitrogens is 5. The van der Waals surface area contributed by atoms with Crippen molar-refractivity contribution >= 4 is 23.2 Å². The topological polar surface area (TPSA) is 118 Å². The molecule has 0 aliphatic carbocycles. The highest BCUT2D eigenvalue weighted by molar-refractivity contribution is 5.95. The Morgan fingerprint density at radius 3 is 2.77 bits per heavy atom. The number of carbonyl (C=O) groups excluding carboxylic acids is 2. The van der Waals surface area contributed by atoms with E-state index >= 15 is 0 Å². The van der Waals surface area contributed by atoms with E-state index in [1.54, 1.807) is 72.9 Å². The number of aliphatic hydroxyl groups is 1. The number of hydrogen-bond donors (Lipinski definition) is 2. The highest BCUT2D eigenvalue weighted by Crippen LogP contribution is 2.18. The summed E-state index contributed by atoms with van der Waals surface area (Å²) in [6, 6.07) is 8.38. The van der Waals surface area contributed by atoms with Crippen molar-refractivity contribution in [1.29, 1.82) is 0 Å². The number of nitrogens with zero attached hydrogens (tertiary/aromatic N) is 5. The molecule has 0 fully saturated rings. The standard InChI is InChI=1S/C22H22N6O3/c1-22(2,31)13-28-19-5-4-14(12-29)8-18(19)25-21(28)26-20(30)15-6-7-23-17(9-15)16-10-24-27(3)11-16/h4-12,31H,13H2,1-3H3,(H,25,26,30). The number of hydrogen-bond acceptors (Lipinski definition) is 5. The second-order valence-corrected chi connectivity index (χ2v) is 7.99. The lowest BCUT2D eigenvalue weighted by Crippen LogP contribution is -2.32. The van der Waals surface area contributed by atoms with Gasteiger partial charge in [-0.05, 0) is 44.2 Å². The molecule has 0 unspecified atom stereocenters. The van der Waals surface area contributed by atoms with Crippen LogP contribution < -0.4 is 5.62 Å². The fraction of sp³-hybridized carbons (Fsp3) is 0.227. The molecule has 3 heterocycles. The monoisotopic (exact) mass is 418 g/mol. The first kappa shape index (κ1) is 20.4. The zero-order valence-electron chi connectivity index (χ0n) is 17.4. The smallest absolute Gasteiger partial charge is 0.280 e. The van der Waals surface area contributed by atoms with Crippen LogP contribution >= 0.6 is 0 Å². The van der Waals surface area contributed by atoms with Gasteiger partial charge in [-0.15, -0.1) is 0 Å². The van der Waals surface area contributed by atoms with E-state index in [4.69, 9.17) is 0 Å². The number of nitrogens with one attached hydrogen (secondary N) is 1. The third-order valence-electron chi connectivity index (χ3n) is 4.71. The number of carbonyl (C=O) groups is 2. The number of aromatic amines is 1. The van der Waals surface area contributed by atoms with Gasteiger partial charge < -0.3 is 14.7 Å². The van der Waals surface area contributed by atoms with E-state index in [0.717, 1.165) is 17.4 Å². The second-order valence-electron chi connectivity index (χ2n) is 7.99. The number of pyridine rings is 1. The maximum atomic E-state index is 13.0. The molecular formula is C22H22N6O3. The van der Waals surface area contributed by atoms with Gasteiger partial charge in [0.15, 0.2) is 0 Å². The van der Waals surface area contributed by atoms with Crippen LogP contribution in [0.1, 0.15) is 34.6 Å². The van der Waals surface area contributed by atoms with Gasteiger partial charge in [-0.2, -0.15) is 10.1 Å². The molecule has 0 atom stereocenters. The molecule has 9 heteroatoms. The first-order valence-corrected chi connectivity index (χ1v) is 9.68. The van der Waals surface area contributed by atoms with Crippen molar-refractivity contribution in [1.82, 2.24) is 24.3 Å². The van der Waals surface area contributed by atoms with Gasteiger partial charge in [0.25, 0.3) is 5.91 Å². The molecule has 0 spiro atoms. The molecule has 3 aromatic heterocycles. The van der Waals surface area contributed by atoms with Crippen LogP contribution in [-0.4, -0.2) is 47.2 Å². The molecule has 158 valence electrons. The third kappa shape index (κ3) is 4.36. The van der Waals surface area contributed by atoms with Crippen LogP contribution in [-0.2, 0) is 13.6 Å². The molecule has 4 rings (SSSR count). The van der Waals surface area contributed by atoms with Crippen molar-refractivity contribution in [2.75, 3.05) is 0 Å². The summed E-state index contributed by atoms with van der Waals surface area (Å²) in [5, 5.41) is 14.5. The van der Waals surface area contributed by atoms with E-state index in [2.05, 4.69) is 20.1 Å². The number of rotatable bonds is 5. The lowest BCUT2D eigenvalue weighted by atomic mass is 10.1. The number of benzene rings is 1. The van der Waals surface area contributed by atoms with Crippen LogP contribution in [0.5, 0.6) is 0 Å². The van der Waals surface area contributed by atoms with Crippen LogP contribution in [0, 0.1) is 0 Å². The van der Waals surface area contributed by atoms with E-state index in [1.807, 2.05) is 6.20 Å². The Hall–Kier alpha value is -3.85. The summed E-state index contributed by atoms with van der Waals surface area (Å²) in [6.45, 7) is 3.55. The SMILES string of the molecule is Cn1cc(-c2cc(C(=O)/N=c3\[nH]c4cc(C=O)ccc4n3CC(C)(C)O)ccn2)cn1. The molecule has 9 nitrogen and oxygen atoms in total. The van der Waals surface area contributed by atoms with Crippen LogP contribution in [0.15, 0.2) is 53.9 Å². The lowest BCUT2D eigenvalue weighted by molar-refractivity contribution is 0.0612. The summed E-state index contributed by atoms with van der Waals surface area (Å²) in [4.78, 5) is 35.7. The van der Waals surface area contributed by atoms with E-state index in [0.29, 0.717) is 22.3 Å². The minimum absolute atomic E-state index is 0.205.